The summed E-state index contributed by atoms with van der Waals surface area (Å²) in [5, 5.41) is 2.96. The number of piperidine rings is 1. The van der Waals surface area contributed by atoms with E-state index >= 15 is 0 Å². The topological polar surface area (TPSA) is 82.6 Å². The lowest BCUT2D eigenvalue weighted by atomic mass is 9.97. The third kappa shape index (κ3) is 5.50. The second-order valence-electron chi connectivity index (χ2n) is 7.37. The zero-order valence-electron chi connectivity index (χ0n) is 17.0. The number of anilines is 1. The Kier molecular flexibility index (Phi) is 7.69. The highest BCUT2D eigenvalue weighted by molar-refractivity contribution is 7.89. The Hall–Kier alpha value is -2.16. The van der Waals surface area contributed by atoms with E-state index in [0.29, 0.717) is 32.5 Å². The smallest absolute Gasteiger partial charge is 0.246 e. The van der Waals surface area contributed by atoms with Crippen molar-refractivity contribution in [1.82, 2.24) is 14.6 Å². The van der Waals surface area contributed by atoms with Crippen molar-refractivity contribution in [2.75, 3.05) is 38.1 Å². The Balaban J connectivity index is 1.42. The Morgan fingerprint density at radius 2 is 1.90 bits per heavy atom. The first-order valence-electron chi connectivity index (χ1n) is 10.0. The summed E-state index contributed by atoms with van der Waals surface area (Å²) in [6.45, 7) is 2.03. The van der Waals surface area contributed by atoms with Crippen molar-refractivity contribution in [3.63, 3.8) is 0 Å². The molecule has 1 aliphatic rings. The van der Waals surface area contributed by atoms with E-state index in [1.54, 1.807) is 6.07 Å². The number of pyridine rings is 1. The Labute approximate surface area is 183 Å². The third-order valence-corrected chi connectivity index (χ3v) is 7.68. The number of para-hydroxylation sites is 1. The van der Waals surface area contributed by atoms with Gasteiger partial charge in [0.25, 0.3) is 0 Å². The van der Waals surface area contributed by atoms with Gasteiger partial charge in [0.1, 0.15) is 10.0 Å². The largest absolute Gasteiger partial charge is 0.375 e. The van der Waals surface area contributed by atoms with Crippen LogP contribution in [0.3, 0.4) is 0 Å². The Morgan fingerprint density at radius 3 is 2.57 bits per heavy atom. The molecule has 2 aromatic rings. The van der Waals surface area contributed by atoms with Gasteiger partial charge in [-0.1, -0.05) is 29.8 Å². The summed E-state index contributed by atoms with van der Waals surface area (Å²) in [5.41, 5.74) is 1.14. The predicted molar refractivity (Wildman–Crippen MR) is 118 cm³/mol. The standard InChI is InChI=1S/C21H27ClN4O3S/c1-25(18-7-3-2-4-8-18)14-6-13-24-21(27)17-10-15-26(16-11-17)30(28,29)19-9-5-12-23-20(19)22/h2-5,7-9,12,17H,6,10-11,13-16H2,1H3,(H,24,27). The summed E-state index contributed by atoms with van der Waals surface area (Å²) in [7, 11) is -1.67. The second-order valence-corrected chi connectivity index (χ2v) is 9.64. The molecule has 0 spiro atoms. The summed E-state index contributed by atoms with van der Waals surface area (Å²) in [4.78, 5) is 18.5. The quantitative estimate of drug-likeness (QED) is 0.494. The van der Waals surface area contributed by atoms with Crippen LogP contribution in [-0.4, -0.2) is 56.8 Å². The summed E-state index contributed by atoms with van der Waals surface area (Å²) >= 11 is 5.95. The van der Waals surface area contributed by atoms with Gasteiger partial charge >= 0.3 is 0 Å². The van der Waals surface area contributed by atoms with Gasteiger partial charge in [-0.25, -0.2) is 13.4 Å². The molecular formula is C21H27ClN4O3S. The van der Waals surface area contributed by atoms with Crippen molar-refractivity contribution in [1.29, 1.82) is 0 Å². The minimum atomic E-state index is -3.70. The highest BCUT2D eigenvalue weighted by atomic mass is 35.5. The average Bonchev–Trinajstić information content (AvgIpc) is 2.77. The monoisotopic (exact) mass is 450 g/mol. The fraction of sp³-hybridized carbons (Fsp3) is 0.429. The first-order valence-corrected chi connectivity index (χ1v) is 11.9. The number of benzene rings is 1. The first-order chi connectivity index (χ1) is 14.4. The van der Waals surface area contributed by atoms with Crippen LogP contribution in [0, 0.1) is 5.92 Å². The van der Waals surface area contributed by atoms with Gasteiger partial charge in [0.05, 0.1) is 0 Å². The van der Waals surface area contributed by atoms with Crippen LogP contribution in [0.4, 0.5) is 5.69 Å². The number of halogens is 1. The van der Waals surface area contributed by atoms with Crippen LogP contribution >= 0.6 is 11.6 Å². The van der Waals surface area contributed by atoms with E-state index < -0.39 is 10.0 Å². The van der Waals surface area contributed by atoms with Crippen molar-refractivity contribution in [3.05, 3.63) is 53.8 Å². The lowest BCUT2D eigenvalue weighted by molar-refractivity contribution is -0.126. The van der Waals surface area contributed by atoms with Gasteiger partial charge in [-0.15, -0.1) is 0 Å². The van der Waals surface area contributed by atoms with Crippen LogP contribution in [0.2, 0.25) is 5.15 Å². The number of sulfonamides is 1. The Bertz CT molecular complexity index is 948. The van der Waals surface area contributed by atoms with E-state index in [1.807, 2.05) is 25.2 Å². The van der Waals surface area contributed by atoms with E-state index in [2.05, 4.69) is 27.3 Å². The molecule has 1 N–H and O–H groups in total. The van der Waals surface area contributed by atoms with E-state index in [4.69, 9.17) is 11.6 Å². The van der Waals surface area contributed by atoms with Gasteiger partial charge < -0.3 is 10.2 Å². The van der Waals surface area contributed by atoms with E-state index in [9.17, 15) is 13.2 Å². The van der Waals surface area contributed by atoms with Gasteiger partial charge in [0.15, 0.2) is 0 Å². The number of carbonyl (C=O) groups is 1. The summed E-state index contributed by atoms with van der Waals surface area (Å²) < 4.78 is 26.9. The number of nitrogens with one attached hydrogen (secondary N) is 1. The molecule has 7 nitrogen and oxygen atoms in total. The lowest BCUT2D eigenvalue weighted by Crippen LogP contribution is -2.43. The minimum Gasteiger partial charge on any atom is -0.375 e. The maximum absolute atomic E-state index is 12.8. The van der Waals surface area contributed by atoms with Gasteiger partial charge in [0, 0.05) is 51.0 Å². The van der Waals surface area contributed by atoms with Crippen molar-refractivity contribution in [2.45, 2.75) is 24.2 Å². The maximum Gasteiger partial charge on any atom is 0.246 e. The van der Waals surface area contributed by atoms with Gasteiger partial charge in [-0.3, -0.25) is 4.79 Å². The first kappa shape index (κ1) is 22.5. The van der Waals surface area contributed by atoms with Crippen molar-refractivity contribution >= 4 is 33.2 Å². The number of nitrogens with zero attached hydrogens (tertiary/aromatic N) is 3. The number of hydrogen-bond donors (Lipinski definition) is 1. The van der Waals surface area contributed by atoms with Gasteiger partial charge in [-0.05, 0) is 43.5 Å². The molecule has 30 heavy (non-hydrogen) atoms. The molecule has 1 fully saturated rings. The summed E-state index contributed by atoms with van der Waals surface area (Å²) in [6.07, 6.45) is 3.28. The zero-order valence-corrected chi connectivity index (χ0v) is 18.6. The second kappa shape index (κ2) is 10.2. The van der Waals surface area contributed by atoms with Crippen molar-refractivity contribution < 1.29 is 13.2 Å². The summed E-state index contributed by atoms with van der Waals surface area (Å²) in [6, 6.07) is 13.1. The predicted octanol–water partition coefficient (Wildman–Crippen LogP) is 2.78. The van der Waals surface area contributed by atoms with Crippen LogP contribution < -0.4 is 10.2 Å². The van der Waals surface area contributed by atoms with E-state index in [0.717, 1.165) is 18.7 Å². The molecule has 0 radical (unpaired) electrons. The molecule has 162 valence electrons. The number of carbonyl (C=O) groups excluding carboxylic acids is 1. The highest BCUT2D eigenvalue weighted by Crippen LogP contribution is 2.27. The van der Waals surface area contributed by atoms with Crippen LogP contribution in [0.15, 0.2) is 53.6 Å². The lowest BCUT2D eigenvalue weighted by Gasteiger charge is -2.30. The molecule has 3 rings (SSSR count). The number of hydrogen-bond acceptors (Lipinski definition) is 5. The molecule has 0 aliphatic carbocycles. The number of aromatic nitrogens is 1. The van der Waals surface area contributed by atoms with Crippen LogP contribution in [0.25, 0.3) is 0 Å². The fourth-order valence-electron chi connectivity index (χ4n) is 3.54. The van der Waals surface area contributed by atoms with Crippen LogP contribution in [0.1, 0.15) is 19.3 Å². The normalized spacial score (nSPS) is 15.7. The van der Waals surface area contributed by atoms with Crippen molar-refractivity contribution in [2.24, 2.45) is 5.92 Å². The molecule has 9 heteroatoms. The van der Waals surface area contributed by atoms with Crippen molar-refractivity contribution in [3.8, 4) is 0 Å². The third-order valence-electron chi connectivity index (χ3n) is 5.33. The summed E-state index contributed by atoms with van der Waals surface area (Å²) in [5.74, 6) is -0.179. The molecule has 1 aromatic carbocycles. The minimum absolute atomic E-state index is 0.00572. The fourth-order valence-corrected chi connectivity index (χ4v) is 5.44. The Morgan fingerprint density at radius 1 is 1.20 bits per heavy atom. The number of amides is 1. The van der Waals surface area contributed by atoms with Gasteiger partial charge in [-0.2, -0.15) is 4.31 Å². The van der Waals surface area contributed by atoms with E-state index in [1.165, 1.54) is 16.6 Å². The molecule has 0 atom stereocenters. The maximum atomic E-state index is 12.8. The van der Waals surface area contributed by atoms with Gasteiger partial charge in [0.2, 0.25) is 15.9 Å². The average molecular weight is 451 g/mol. The molecule has 0 unspecified atom stereocenters. The molecule has 1 aromatic heterocycles. The zero-order chi connectivity index (χ0) is 21.6. The molecule has 2 heterocycles. The van der Waals surface area contributed by atoms with Crippen LogP contribution in [0.5, 0.6) is 0 Å². The molecule has 1 saturated heterocycles. The molecule has 1 amide bonds. The molecule has 1 aliphatic heterocycles. The number of rotatable bonds is 8. The van der Waals surface area contributed by atoms with Crippen LogP contribution in [-0.2, 0) is 14.8 Å². The molecule has 0 saturated carbocycles. The molecule has 0 bridgehead atoms. The molecular weight excluding hydrogens is 424 g/mol. The highest BCUT2D eigenvalue weighted by Gasteiger charge is 2.33. The SMILES string of the molecule is CN(CCCNC(=O)C1CCN(S(=O)(=O)c2cccnc2Cl)CC1)c1ccccc1. The van der Waals surface area contributed by atoms with E-state index in [-0.39, 0.29) is 21.9 Å².